The first-order chi connectivity index (χ1) is 13.8. The van der Waals surface area contributed by atoms with Crippen LogP contribution in [-0.2, 0) is 11.3 Å². The number of rotatable bonds is 9. The van der Waals surface area contributed by atoms with E-state index in [-0.39, 0.29) is 11.8 Å². The van der Waals surface area contributed by atoms with Crippen LogP contribution < -0.4 is 20.1 Å². The Hall–Kier alpha value is -3.29. The fraction of sp³-hybridized carbons (Fsp3) is 0.381. The van der Waals surface area contributed by atoms with Crippen molar-refractivity contribution in [1.82, 2.24) is 15.2 Å². The molecule has 2 N–H and O–H groups in total. The minimum Gasteiger partial charge on any atom is -0.490 e. The lowest BCUT2D eigenvalue weighted by Crippen LogP contribution is -2.35. The van der Waals surface area contributed by atoms with Gasteiger partial charge in [-0.25, -0.2) is 4.98 Å². The molecule has 0 bridgehead atoms. The number of benzene rings is 1. The van der Waals surface area contributed by atoms with Gasteiger partial charge in [-0.05, 0) is 43.7 Å². The molecule has 2 amide bonds. The van der Waals surface area contributed by atoms with Crippen molar-refractivity contribution in [3.05, 3.63) is 47.7 Å². The second kappa shape index (κ2) is 10.3. The van der Waals surface area contributed by atoms with Crippen molar-refractivity contribution in [3.63, 3.8) is 0 Å². The molecule has 0 aliphatic carbocycles. The fourth-order valence-corrected chi connectivity index (χ4v) is 2.61. The summed E-state index contributed by atoms with van der Waals surface area (Å²) in [6, 6.07) is 10.8. The van der Waals surface area contributed by atoms with Crippen molar-refractivity contribution in [3.8, 4) is 11.5 Å². The molecule has 2 rings (SSSR count). The number of pyridine rings is 1. The average Bonchev–Trinajstić information content (AvgIpc) is 2.72. The van der Waals surface area contributed by atoms with E-state index in [0.29, 0.717) is 36.2 Å². The molecule has 0 aliphatic heterocycles. The molecule has 8 nitrogen and oxygen atoms in total. The molecule has 1 atom stereocenters. The van der Waals surface area contributed by atoms with Gasteiger partial charge in [-0.3, -0.25) is 9.59 Å². The fourth-order valence-electron chi connectivity index (χ4n) is 2.61. The largest absolute Gasteiger partial charge is 0.490 e. The first-order valence-electron chi connectivity index (χ1n) is 9.42. The van der Waals surface area contributed by atoms with Gasteiger partial charge in [0.05, 0.1) is 6.61 Å². The molecule has 0 unspecified atom stereocenters. The van der Waals surface area contributed by atoms with E-state index in [9.17, 15) is 9.59 Å². The number of carbonyl (C=O) groups excluding carboxylic acids is 2. The number of anilines is 1. The molecular weight excluding hydrogens is 372 g/mol. The van der Waals surface area contributed by atoms with Gasteiger partial charge in [0.1, 0.15) is 11.5 Å². The van der Waals surface area contributed by atoms with Crippen molar-refractivity contribution < 1.29 is 19.1 Å². The van der Waals surface area contributed by atoms with E-state index in [4.69, 9.17) is 9.47 Å². The van der Waals surface area contributed by atoms with Crippen LogP contribution in [-0.4, -0.2) is 55.6 Å². The minimum absolute atomic E-state index is 0.125. The number of hydrogen-bond acceptors (Lipinski definition) is 6. The smallest absolute Gasteiger partial charge is 0.269 e. The molecule has 0 saturated heterocycles. The third-order valence-electron chi connectivity index (χ3n) is 4.08. The molecule has 1 aromatic heterocycles. The zero-order chi connectivity index (χ0) is 21.4. The molecule has 0 fully saturated rings. The first kappa shape index (κ1) is 22.0. The molecule has 0 saturated carbocycles. The number of carbonyl (C=O) groups is 2. The Morgan fingerprint density at radius 2 is 1.93 bits per heavy atom. The van der Waals surface area contributed by atoms with E-state index < -0.39 is 6.10 Å². The molecule has 0 radical (unpaired) electrons. The summed E-state index contributed by atoms with van der Waals surface area (Å²) in [4.78, 5) is 29.5. The van der Waals surface area contributed by atoms with Gasteiger partial charge < -0.3 is 25.0 Å². The summed E-state index contributed by atoms with van der Waals surface area (Å²) in [5.41, 5.74) is 1.29. The molecule has 1 aromatic carbocycles. The molecule has 8 heteroatoms. The maximum absolute atomic E-state index is 12.1. The summed E-state index contributed by atoms with van der Waals surface area (Å²) < 4.78 is 11.5. The van der Waals surface area contributed by atoms with Crippen molar-refractivity contribution in [2.45, 2.75) is 26.5 Å². The van der Waals surface area contributed by atoms with Crippen molar-refractivity contribution in [2.24, 2.45) is 0 Å². The average molecular weight is 400 g/mol. The van der Waals surface area contributed by atoms with Gasteiger partial charge in [0.2, 0.25) is 0 Å². The highest BCUT2D eigenvalue weighted by molar-refractivity contribution is 5.92. The van der Waals surface area contributed by atoms with Crippen LogP contribution in [0.2, 0.25) is 0 Å². The Bertz CT molecular complexity index is 854. The zero-order valence-corrected chi connectivity index (χ0v) is 17.5. The summed E-state index contributed by atoms with van der Waals surface area (Å²) in [6.45, 7) is 4.55. The summed E-state index contributed by atoms with van der Waals surface area (Å²) >= 11 is 0. The Kier molecular flexibility index (Phi) is 7.82. The summed E-state index contributed by atoms with van der Waals surface area (Å²) in [5, 5.41) is 5.75. The van der Waals surface area contributed by atoms with E-state index in [2.05, 4.69) is 15.6 Å². The zero-order valence-electron chi connectivity index (χ0n) is 17.5. The van der Waals surface area contributed by atoms with Crippen molar-refractivity contribution >= 4 is 17.6 Å². The summed E-state index contributed by atoms with van der Waals surface area (Å²) in [6.07, 6.45) is -0.621. The van der Waals surface area contributed by atoms with Gasteiger partial charge in [-0.1, -0.05) is 12.1 Å². The molecule has 2 aromatic rings. The quantitative estimate of drug-likeness (QED) is 0.671. The highest BCUT2D eigenvalue weighted by atomic mass is 16.5. The number of aromatic nitrogens is 1. The second-order valence-electron chi connectivity index (χ2n) is 6.55. The Labute approximate surface area is 171 Å². The van der Waals surface area contributed by atoms with Gasteiger partial charge in [0, 0.05) is 27.7 Å². The van der Waals surface area contributed by atoms with Crippen LogP contribution in [0.5, 0.6) is 11.5 Å². The number of likely N-dealkylation sites (N-methyl/N-ethyl adjacent to an activating group) is 1. The number of ether oxygens (including phenoxy) is 2. The van der Waals surface area contributed by atoms with Crippen molar-refractivity contribution in [2.75, 3.05) is 33.1 Å². The van der Waals surface area contributed by atoms with E-state index in [1.165, 1.54) is 4.90 Å². The topological polar surface area (TPSA) is 92.8 Å². The van der Waals surface area contributed by atoms with Crippen LogP contribution in [0.4, 0.5) is 5.82 Å². The minimum atomic E-state index is -0.621. The molecular formula is C21H28N4O4. The number of hydrogen-bond donors (Lipinski definition) is 2. The van der Waals surface area contributed by atoms with E-state index in [0.717, 1.165) is 5.56 Å². The van der Waals surface area contributed by atoms with Crippen LogP contribution in [0.25, 0.3) is 0 Å². The predicted octanol–water partition coefficient (Wildman–Crippen LogP) is 2.31. The molecule has 0 spiro atoms. The van der Waals surface area contributed by atoms with Gasteiger partial charge in [0.15, 0.2) is 17.6 Å². The lowest BCUT2D eigenvalue weighted by Gasteiger charge is -2.20. The lowest BCUT2D eigenvalue weighted by molar-refractivity contribution is -0.135. The number of nitrogens with zero attached hydrogens (tertiary/aromatic N) is 2. The van der Waals surface area contributed by atoms with Crippen LogP contribution in [0, 0.1) is 0 Å². The van der Waals surface area contributed by atoms with Crippen molar-refractivity contribution in [1.29, 1.82) is 0 Å². The van der Waals surface area contributed by atoms with Gasteiger partial charge in [0.25, 0.3) is 11.8 Å². The molecule has 29 heavy (non-hydrogen) atoms. The Morgan fingerprint density at radius 3 is 2.59 bits per heavy atom. The van der Waals surface area contributed by atoms with E-state index in [1.54, 1.807) is 52.3 Å². The van der Waals surface area contributed by atoms with Gasteiger partial charge >= 0.3 is 0 Å². The maximum atomic E-state index is 12.1. The molecule has 156 valence electrons. The first-order valence-corrected chi connectivity index (χ1v) is 9.42. The third-order valence-corrected chi connectivity index (χ3v) is 4.08. The van der Waals surface area contributed by atoms with Crippen LogP contribution in [0.3, 0.4) is 0 Å². The monoisotopic (exact) mass is 400 g/mol. The lowest BCUT2D eigenvalue weighted by atomic mass is 10.2. The maximum Gasteiger partial charge on any atom is 0.269 e. The standard InChI is InChI=1S/C21H28N4O4/c1-6-28-18-12-15(10-11-17(18)29-14(2)21(27)25(4)5)13-23-19-9-7-8-16(24-19)20(26)22-3/h7-12,14H,6,13H2,1-5H3,(H,22,26)(H,23,24)/t14-/m0/s1. The van der Waals surface area contributed by atoms with Crippen LogP contribution >= 0.6 is 0 Å². The van der Waals surface area contributed by atoms with Crippen LogP contribution in [0.1, 0.15) is 29.9 Å². The Morgan fingerprint density at radius 1 is 1.17 bits per heavy atom. The Balaban J connectivity index is 2.11. The third kappa shape index (κ3) is 6.10. The van der Waals surface area contributed by atoms with E-state index >= 15 is 0 Å². The summed E-state index contributed by atoms with van der Waals surface area (Å²) in [7, 11) is 4.94. The SMILES string of the molecule is CCOc1cc(CNc2cccc(C(=O)NC)n2)ccc1O[C@@H](C)C(=O)N(C)C. The van der Waals surface area contributed by atoms with Gasteiger partial charge in [-0.2, -0.15) is 0 Å². The normalized spacial score (nSPS) is 11.3. The molecule has 0 aliphatic rings. The highest BCUT2D eigenvalue weighted by Gasteiger charge is 2.18. The number of nitrogens with one attached hydrogen (secondary N) is 2. The second-order valence-corrected chi connectivity index (χ2v) is 6.55. The van der Waals surface area contributed by atoms with E-state index in [1.807, 2.05) is 19.1 Å². The number of amides is 2. The molecule has 1 heterocycles. The summed E-state index contributed by atoms with van der Waals surface area (Å²) in [5.74, 6) is 1.31. The van der Waals surface area contributed by atoms with Crippen LogP contribution in [0.15, 0.2) is 36.4 Å². The van der Waals surface area contributed by atoms with Gasteiger partial charge in [-0.15, -0.1) is 0 Å². The highest BCUT2D eigenvalue weighted by Crippen LogP contribution is 2.30. The predicted molar refractivity (Wildman–Crippen MR) is 111 cm³/mol.